The first kappa shape index (κ1) is 11.8. The van der Waals surface area contributed by atoms with Crippen LogP contribution < -0.4 is 0 Å². The van der Waals surface area contributed by atoms with E-state index in [2.05, 4.69) is 16.1 Å². The fourth-order valence-corrected chi connectivity index (χ4v) is 2.01. The van der Waals surface area contributed by atoms with E-state index >= 15 is 0 Å². The molecule has 6 heteroatoms. The predicted molar refractivity (Wildman–Crippen MR) is 56.7 cm³/mol. The Morgan fingerprint density at radius 3 is 2.21 bits per heavy atom. The molecule has 4 nitrogen and oxygen atoms in total. The number of hydrogen-bond acceptors (Lipinski definition) is 2. The third-order valence-electron chi connectivity index (χ3n) is 1.91. The smallest absolute Gasteiger partial charge is 0.271 e. The van der Waals surface area contributed by atoms with E-state index in [9.17, 15) is 9.59 Å². The van der Waals surface area contributed by atoms with Gasteiger partial charge < -0.3 is 0 Å². The minimum atomic E-state index is -0.566. The number of urea groups is 1. The largest absolute Gasteiger partial charge is 0.352 e. The molecule has 0 bridgehead atoms. The summed E-state index contributed by atoms with van der Waals surface area (Å²) >= 11 is 8.58. The highest BCUT2D eigenvalue weighted by Gasteiger charge is 2.45. The second-order valence-corrected chi connectivity index (χ2v) is 5.57. The van der Waals surface area contributed by atoms with Gasteiger partial charge in [-0.05, 0) is 11.8 Å². The number of halogens is 2. The normalized spacial score (nSPS) is 23.6. The van der Waals surface area contributed by atoms with Gasteiger partial charge >= 0.3 is 6.03 Å². The van der Waals surface area contributed by atoms with Gasteiger partial charge in [-0.25, -0.2) is 9.21 Å². The fraction of sp³-hybridized carbons (Fsp3) is 0.750. The molecule has 1 unspecified atom stereocenters. The van der Waals surface area contributed by atoms with Crippen molar-refractivity contribution in [3.8, 4) is 0 Å². The van der Waals surface area contributed by atoms with E-state index in [4.69, 9.17) is 11.8 Å². The van der Waals surface area contributed by atoms with Gasteiger partial charge in [0.25, 0.3) is 5.91 Å². The first-order valence-corrected chi connectivity index (χ1v) is 5.27. The summed E-state index contributed by atoms with van der Waals surface area (Å²) in [6.07, 6.45) is 0.545. The molecule has 0 radical (unpaired) electrons. The summed E-state index contributed by atoms with van der Waals surface area (Å²) in [5.41, 5.74) is -0.0497. The summed E-state index contributed by atoms with van der Waals surface area (Å²) < 4.78 is 1.82. The third-order valence-corrected chi connectivity index (χ3v) is 2.94. The van der Waals surface area contributed by atoms with Gasteiger partial charge in [0.2, 0.25) is 0 Å². The van der Waals surface area contributed by atoms with Crippen molar-refractivity contribution in [2.75, 3.05) is 0 Å². The van der Waals surface area contributed by atoms with Crippen molar-refractivity contribution in [2.45, 2.75) is 33.2 Å². The van der Waals surface area contributed by atoms with E-state index in [-0.39, 0.29) is 11.3 Å². The Morgan fingerprint density at radius 2 is 1.93 bits per heavy atom. The molecule has 0 aromatic heterocycles. The first-order chi connectivity index (χ1) is 6.24. The van der Waals surface area contributed by atoms with Crippen LogP contribution in [0.15, 0.2) is 0 Å². The Kier molecular flexibility index (Phi) is 3.11. The summed E-state index contributed by atoms with van der Waals surface area (Å²) in [6.45, 7) is 5.98. The molecule has 1 heterocycles. The van der Waals surface area contributed by atoms with E-state index in [0.717, 1.165) is 8.34 Å². The van der Waals surface area contributed by atoms with Gasteiger partial charge in [0.05, 0.1) is 16.1 Å². The minimum Gasteiger partial charge on any atom is -0.271 e. The Balaban J connectivity index is 2.81. The van der Waals surface area contributed by atoms with Crippen molar-refractivity contribution in [1.82, 2.24) is 8.34 Å². The van der Waals surface area contributed by atoms with Crippen LogP contribution >= 0.6 is 27.9 Å². The SMILES string of the molecule is CC(C)(C)CC1C(=O)N(Br)C(=O)N1Cl. The molecule has 1 aliphatic heterocycles. The van der Waals surface area contributed by atoms with Crippen molar-refractivity contribution in [2.24, 2.45) is 5.41 Å². The van der Waals surface area contributed by atoms with Gasteiger partial charge in [-0.2, -0.15) is 3.93 Å². The van der Waals surface area contributed by atoms with Crippen LogP contribution in [-0.4, -0.2) is 26.3 Å². The summed E-state index contributed by atoms with van der Waals surface area (Å²) in [6, 6.07) is -1.09. The standard InChI is InChI=1S/C8H12BrClN2O2/c1-8(2,3)4-5-6(13)11(9)7(14)12(5)10/h5H,4H2,1-3H3. The summed E-state index contributed by atoms with van der Waals surface area (Å²) in [5.74, 6) is -0.306. The van der Waals surface area contributed by atoms with Crippen molar-refractivity contribution < 1.29 is 9.59 Å². The monoisotopic (exact) mass is 282 g/mol. The number of imide groups is 1. The lowest BCUT2D eigenvalue weighted by atomic mass is 9.88. The van der Waals surface area contributed by atoms with Gasteiger partial charge in [-0.3, -0.25) is 4.79 Å². The van der Waals surface area contributed by atoms with Crippen LogP contribution in [-0.2, 0) is 4.79 Å². The summed E-state index contributed by atoms with van der Waals surface area (Å²) in [4.78, 5) is 22.8. The molecule has 14 heavy (non-hydrogen) atoms. The maximum Gasteiger partial charge on any atom is 0.352 e. The lowest BCUT2D eigenvalue weighted by Gasteiger charge is -2.23. The summed E-state index contributed by atoms with van der Waals surface area (Å²) in [7, 11) is 0. The van der Waals surface area contributed by atoms with Crippen LogP contribution in [0.1, 0.15) is 27.2 Å². The zero-order valence-electron chi connectivity index (χ0n) is 8.25. The number of carbonyl (C=O) groups is 2. The second-order valence-electron chi connectivity index (χ2n) is 4.49. The van der Waals surface area contributed by atoms with Crippen LogP contribution in [0.2, 0.25) is 0 Å². The molecule has 80 valence electrons. The fourth-order valence-electron chi connectivity index (χ4n) is 1.29. The van der Waals surface area contributed by atoms with E-state index < -0.39 is 12.1 Å². The molecule has 0 spiro atoms. The molecule has 1 aliphatic rings. The van der Waals surface area contributed by atoms with E-state index in [1.54, 1.807) is 0 Å². The van der Waals surface area contributed by atoms with Crippen molar-refractivity contribution in [1.29, 1.82) is 0 Å². The molecule has 0 aliphatic carbocycles. The van der Waals surface area contributed by atoms with Crippen molar-refractivity contribution in [3.05, 3.63) is 0 Å². The number of amides is 3. The van der Waals surface area contributed by atoms with Gasteiger partial charge in [0, 0.05) is 11.8 Å². The highest BCUT2D eigenvalue weighted by molar-refractivity contribution is 9.08. The summed E-state index contributed by atoms with van der Waals surface area (Å²) in [5, 5.41) is 0. The average Bonchev–Trinajstić information content (AvgIpc) is 2.20. The lowest BCUT2D eigenvalue weighted by molar-refractivity contribution is -0.124. The van der Waals surface area contributed by atoms with Crippen molar-refractivity contribution in [3.63, 3.8) is 0 Å². The molecular formula is C8H12BrClN2O2. The zero-order chi connectivity index (χ0) is 11.1. The topological polar surface area (TPSA) is 40.6 Å². The van der Waals surface area contributed by atoms with Crippen LogP contribution in [0.3, 0.4) is 0 Å². The third kappa shape index (κ3) is 2.20. The Hall–Kier alpha value is -0.290. The molecule has 0 aromatic carbocycles. The van der Waals surface area contributed by atoms with E-state index in [1.807, 2.05) is 20.8 Å². The van der Waals surface area contributed by atoms with Crippen LogP contribution in [0.4, 0.5) is 4.79 Å². The first-order valence-electron chi connectivity index (χ1n) is 4.23. The van der Waals surface area contributed by atoms with Crippen LogP contribution in [0.5, 0.6) is 0 Å². The average molecular weight is 284 g/mol. The second kappa shape index (κ2) is 3.70. The quantitative estimate of drug-likeness (QED) is 0.548. The number of carbonyl (C=O) groups excluding carboxylic acids is 2. The van der Waals surface area contributed by atoms with Gasteiger partial charge in [0.1, 0.15) is 6.04 Å². The van der Waals surface area contributed by atoms with Crippen molar-refractivity contribution >= 4 is 39.9 Å². The zero-order valence-corrected chi connectivity index (χ0v) is 10.6. The van der Waals surface area contributed by atoms with Gasteiger partial charge in [-0.15, -0.1) is 0 Å². The molecule has 3 amide bonds. The van der Waals surface area contributed by atoms with Crippen LogP contribution in [0, 0.1) is 5.41 Å². The molecule has 1 atom stereocenters. The van der Waals surface area contributed by atoms with E-state index in [0.29, 0.717) is 6.42 Å². The predicted octanol–water partition coefficient (Wildman–Crippen LogP) is 2.52. The highest BCUT2D eigenvalue weighted by atomic mass is 79.9. The molecule has 1 saturated heterocycles. The van der Waals surface area contributed by atoms with Crippen LogP contribution in [0.25, 0.3) is 0 Å². The minimum absolute atomic E-state index is 0.0497. The van der Waals surface area contributed by atoms with Gasteiger partial charge in [0.15, 0.2) is 0 Å². The number of rotatable bonds is 1. The molecule has 0 N–H and O–H groups in total. The van der Waals surface area contributed by atoms with E-state index in [1.165, 1.54) is 0 Å². The highest BCUT2D eigenvalue weighted by Crippen LogP contribution is 2.31. The Morgan fingerprint density at radius 1 is 1.43 bits per heavy atom. The molecule has 1 fully saturated rings. The Bertz CT molecular complexity index is 277. The lowest BCUT2D eigenvalue weighted by Crippen LogP contribution is -2.31. The number of nitrogens with zero attached hydrogens (tertiary/aromatic N) is 2. The maximum absolute atomic E-state index is 11.5. The maximum atomic E-state index is 11.5. The molecule has 0 aromatic rings. The molecule has 1 rings (SSSR count). The van der Waals surface area contributed by atoms with Gasteiger partial charge in [-0.1, -0.05) is 20.8 Å². The number of hydrogen-bond donors (Lipinski definition) is 0. The molecular weight excluding hydrogens is 271 g/mol. The Labute approximate surface area is 96.6 Å². The molecule has 0 saturated carbocycles.